The van der Waals surface area contributed by atoms with Crippen LogP contribution in [0.15, 0.2) is 35.9 Å². The van der Waals surface area contributed by atoms with Crippen molar-refractivity contribution in [1.29, 1.82) is 0 Å². The number of nitrogens with zero attached hydrogens (tertiary/aromatic N) is 2. The minimum Gasteiger partial charge on any atom is -0.332 e. The molecule has 0 aliphatic heterocycles. The summed E-state index contributed by atoms with van der Waals surface area (Å²) < 4.78 is 13.4. The van der Waals surface area contributed by atoms with Gasteiger partial charge >= 0.3 is 0 Å². The van der Waals surface area contributed by atoms with E-state index >= 15 is 0 Å². The van der Waals surface area contributed by atoms with Crippen LogP contribution in [0.5, 0.6) is 0 Å². The summed E-state index contributed by atoms with van der Waals surface area (Å²) in [4.78, 5) is 17.9. The largest absolute Gasteiger partial charge is 0.332 e. The summed E-state index contributed by atoms with van der Waals surface area (Å²) in [5, 5.41) is 0. The lowest BCUT2D eigenvalue weighted by Crippen LogP contribution is -2.51. The third-order valence-corrected chi connectivity index (χ3v) is 7.81. The molecule has 0 heterocycles. The second-order valence-electron chi connectivity index (χ2n) is 9.78. The quantitative estimate of drug-likeness (QED) is 0.454. The minimum atomic E-state index is -0.303. The van der Waals surface area contributed by atoms with Crippen molar-refractivity contribution < 1.29 is 9.18 Å². The van der Waals surface area contributed by atoms with Gasteiger partial charge in [0.1, 0.15) is 5.82 Å². The highest BCUT2D eigenvalue weighted by Gasteiger charge is 2.51. The summed E-state index contributed by atoms with van der Waals surface area (Å²) in [5.41, 5.74) is 2.35. The zero-order valence-electron chi connectivity index (χ0n) is 19.5. The van der Waals surface area contributed by atoms with Crippen LogP contribution in [0.1, 0.15) is 70.7 Å². The number of halogens is 1. The van der Waals surface area contributed by atoms with Gasteiger partial charge in [-0.1, -0.05) is 39.3 Å². The zero-order chi connectivity index (χ0) is 21.9. The molecular weight excluding hydrogens is 375 g/mol. The number of carbonyl (C=O) groups is 1. The molecule has 30 heavy (non-hydrogen) atoms. The normalized spacial score (nSPS) is 23.0. The maximum atomic E-state index is 13.4. The van der Waals surface area contributed by atoms with Crippen LogP contribution in [0.25, 0.3) is 0 Å². The van der Waals surface area contributed by atoms with Gasteiger partial charge in [-0.05, 0) is 93.8 Å². The summed E-state index contributed by atoms with van der Waals surface area (Å²) in [6.07, 6.45) is 6.83. The Kier molecular flexibility index (Phi) is 7.38. The Hall–Kier alpha value is -1.68. The molecule has 1 fully saturated rings. The van der Waals surface area contributed by atoms with Crippen molar-refractivity contribution in [1.82, 2.24) is 9.80 Å². The molecule has 2 bridgehead atoms. The fourth-order valence-electron chi connectivity index (χ4n) is 5.34. The van der Waals surface area contributed by atoms with E-state index in [0.717, 1.165) is 44.8 Å². The number of hydrogen-bond donors (Lipinski definition) is 0. The Morgan fingerprint density at radius 3 is 2.43 bits per heavy atom. The van der Waals surface area contributed by atoms with Crippen LogP contribution in [0.2, 0.25) is 0 Å². The maximum absolute atomic E-state index is 13.4. The van der Waals surface area contributed by atoms with Gasteiger partial charge in [-0.2, -0.15) is 0 Å². The summed E-state index contributed by atoms with van der Waals surface area (Å²) in [6, 6.07) is 6.16. The van der Waals surface area contributed by atoms with E-state index in [1.54, 1.807) is 12.1 Å². The highest BCUT2D eigenvalue weighted by molar-refractivity contribution is 5.94. The van der Waals surface area contributed by atoms with Crippen molar-refractivity contribution in [3.8, 4) is 0 Å². The first-order valence-electron chi connectivity index (χ1n) is 11.8. The average molecular weight is 415 g/mol. The van der Waals surface area contributed by atoms with Crippen molar-refractivity contribution >= 4 is 5.91 Å². The lowest BCUT2D eigenvalue weighted by atomic mass is 9.49. The van der Waals surface area contributed by atoms with Gasteiger partial charge in [0.2, 0.25) is 0 Å². The van der Waals surface area contributed by atoms with Gasteiger partial charge < -0.3 is 9.80 Å². The van der Waals surface area contributed by atoms with E-state index in [2.05, 4.69) is 45.6 Å². The van der Waals surface area contributed by atoms with Gasteiger partial charge in [0.25, 0.3) is 5.91 Å². The maximum Gasteiger partial charge on any atom is 0.254 e. The fraction of sp³-hybridized carbons (Fsp3) is 0.654. The number of carbonyl (C=O) groups excluding carboxylic acids is 1. The van der Waals surface area contributed by atoms with Gasteiger partial charge in [0.05, 0.1) is 0 Å². The summed E-state index contributed by atoms with van der Waals surface area (Å²) in [7, 11) is 0. The van der Waals surface area contributed by atoms with Crippen molar-refractivity contribution in [3.63, 3.8) is 0 Å². The van der Waals surface area contributed by atoms with E-state index in [1.807, 2.05) is 4.90 Å². The van der Waals surface area contributed by atoms with Crippen LogP contribution in [0.3, 0.4) is 0 Å². The molecule has 3 atom stereocenters. The smallest absolute Gasteiger partial charge is 0.254 e. The van der Waals surface area contributed by atoms with Crippen LogP contribution >= 0.6 is 0 Å². The van der Waals surface area contributed by atoms with E-state index in [-0.39, 0.29) is 17.8 Å². The molecule has 3 unspecified atom stereocenters. The van der Waals surface area contributed by atoms with Gasteiger partial charge in [0.15, 0.2) is 0 Å². The van der Waals surface area contributed by atoms with E-state index in [0.29, 0.717) is 23.4 Å². The lowest BCUT2D eigenvalue weighted by molar-refractivity contribution is -0.0113. The SMILES string of the molecule is CCN(CC)CCCC(C)N(CC1=CCC2CC1C2(C)C)C(=O)c1ccc(F)cc1. The van der Waals surface area contributed by atoms with E-state index in [9.17, 15) is 9.18 Å². The minimum absolute atomic E-state index is 0.0190. The molecule has 4 heteroatoms. The Morgan fingerprint density at radius 2 is 1.87 bits per heavy atom. The molecule has 0 saturated heterocycles. The molecule has 1 saturated carbocycles. The van der Waals surface area contributed by atoms with Gasteiger partial charge in [0, 0.05) is 18.2 Å². The molecule has 0 N–H and O–H groups in total. The third kappa shape index (κ3) is 4.80. The molecule has 0 spiro atoms. The molecule has 1 aromatic rings. The van der Waals surface area contributed by atoms with E-state index in [4.69, 9.17) is 0 Å². The molecule has 3 aliphatic rings. The second-order valence-corrected chi connectivity index (χ2v) is 9.78. The van der Waals surface area contributed by atoms with Crippen molar-refractivity contribution in [2.24, 2.45) is 17.3 Å². The summed E-state index contributed by atoms with van der Waals surface area (Å²) in [5.74, 6) is 1.09. The number of hydrogen-bond acceptors (Lipinski definition) is 2. The standard InChI is InChI=1S/C26H39FN2O/c1-6-28(7-2)16-8-9-19(3)29(25(30)20-11-14-23(27)15-12-20)18-21-10-13-22-17-24(21)26(22,4)5/h10-12,14-15,19,22,24H,6-9,13,16-18H2,1-5H3. The van der Waals surface area contributed by atoms with Gasteiger partial charge in [-0.15, -0.1) is 0 Å². The summed E-state index contributed by atoms with van der Waals surface area (Å²) >= 11 is 0. The molecule has 1 amide bonds. The predicted molar refractivity (Wildman–Crippen MR) is 122 cm³/mol. The second kappa shape index (κ2) is 9.64. The molecule has 3 aliphatic carbocycles. The molecule has 4 rings (SSSR count). The average Bonchev–Trinajstić information content (AvgIpc) is 2.75. The highest BCUT2D eigenvalue weighted by Crippen LogP contribution is 2.59. The number of benzene rings is 1. The Balaban J connectivity index is 1.73. The van der Waals surface area contributed by atoms with Gasteiger partial charge in [-0.25, -0.2) is 4.39 Å². The Morgan fingerprint density at radius 1 is 1.20 bits per heavy atom. The van der Waals surface area contributed by atoms with E-state index < -0.39 is 0 Å². The molecule has 0 radical (unpaired) electrons. The lowest BCUT2D eigenvalue weighted by Gasteiger charge is -2.57. The number of allylic oxidation sites excluding steroid dienone is 1. The van der Waals surface area contributed by atoms with Crippen LogP contribution < -0.4 is 0 Å². The highest BCUT2D eigenvalue weighted by atomic mass is 19.1. The summed E-state index contributed by atoms with van der Waals surface area (Å²) in [6.45, 7) is 15.2. The molecule has 3 nitrogen and oxygen atoms in total. The predicted octanol–water partition coefficient (Wildman–Crippen LogP) is 5.77. The number of rotatable bonds is 10. The first kappa shape index (κ1) is 23.0. The monoisotopic (exact) mass is 414 g/mol. The van der Waals surface area contributed by atoms with Crippen LogP contribution in [0, 0.1) is 23.1 Å². The first-order chi connectivity index (χ1) is 14.3. The molecule has 1 aromatic carbocycles. The van der Waals surface area contributed by atoms with E-state index in [1.165, 1.54) is 24.1 Å². The van der Waals surface area contributed by atoms with Crippen LogP contribution in [-0.2, 0) is 0 Å². The molecule has 0 aromatic heterocycles. The van der Waals surface area contributed by atoms with Crippen molar-refractivity contribution in [2.45, 2.75) is 66.3 Å². The Labute approximate surface area is 182 Å². The molecular formula is C26H39FN2O. The third-order valence-electron chi connectivity index (χ3n) is 7.81. The van der Waals surface area contributed by atoms with Crippen LogP contribution in [0.4, 0.5) is 4.39 Å². The van der Waals surface area contributed by atoms with Gasteiger partial charge in [-0.3, -0.25) is 4.79 Å². The molecule has 166 valence electrons. The van der Waals surface area contributed by atoms with Crippen molar-refractivity contribution in [2.75, 3.05) is 26.2 Å². The Bertz CT molecular complexity index is 751. The zero-order valence-corrected chi connectivity index (χ0v) is 19.5. The fourth-order valence-corrected chi connectivity index (χ4v) is 5.34. The number of fused-ring (bicyclic) bond motifs is 1. The first-order valence-corrected chi connectivity index (χ1v) is 11.8. The topological polar surface area (TPSA) is 23.6 Å². The number of amides is 1. The van der Waals surface area contributed by atoms with Crippen LogP contribution in [-0.4, -0.2) is 47.9 Å². The van der Waals surface area contributed by atoms with Crippen molar-refractivity contribution in [3.05, 3.63) is 47.3 Å².